The average molecular weight is 395 g/mol. The van der Waals surface area contributed by atoms with Gasteiger partial charge in [-0.2, -0.15) is 0 Å². The Hall–Kier alpha value is -0.720. The summed E-state index contributed by atoms with van der Waals surface area (Å²) in [4.78, 5) is 0. The van der Waals surface area contributed by atoms with Gasteiger partial charge in [-0.25, -0.2) is 0 Å². The number of nitrogens with one attached hydrogen (secondary N) is 1. The molecule has 2 rings (SSSR count). The molecule has 1 atom stereocenters. The maximum absolute atomic E-state index is 9.85. The molecule has 1 unspecified atom stereocenters. The van der Waals surface area contributed by atoms with Crippen molar-refractivity contribution in [3.63, 3.8) is 0 Å². The number of anilines is 1. The van der Waals surface area contributed by atoms with Crippen molar-refractivity contribution in [1.29, 1.82) is 0 Å². The van der Waals surface area contributed by atoms with Crippen LogP contribution in [-0.2, 0) is 11.3 Å². The third kappa shape index (κ3) is 4.90. The molecular weight excluding hydrogens is 381 g/mol. The number of hydrogen-bond donors (Lipinski definition) is 2. The van der Waals surface area contributed by atoms with Crippen LogP contribution in [0.4, 0.5) is 5.69 Å². The minimum Gasteiger partial charge on any atom is -0.467 e. The fourth-order valence-electron chi connectivity index (χ4n) is 1.64. The van der Waals surface area contributed by atoms with Crippen molar-refractivity contribution in [2.75, 3.05) is 18.5 Å². The number of ether oxygens (including phenoxy) is 1. The lowest BCUT2D eigenvalue weighted by Crippen LogP contribution is -2.24. The molecule has 4 nitrogen and oxygen atoms in total. The Morgan fingerprint density at radius 2 is 2.10 bits per heavy atom. The van der Waals surface area contributed by atoms with Gasteiger partial charge in [0.1, 0.15) is 12.4 Å². The number of aliphatic hydroxyl groups excluding tert-OH is 1. The molecule has 0 amide bonds. The van der Waals surface area contributed by atoms with Crippen LogP contribution in [-0.4, -0.2) is 24.4 Å². The van der Waals surface area contributed by atoms with Gasteiger partial charge in [0.05, 0.1) is 34.7 Å². The largest absolute Gasteiger partial charge is 0.467 e. The van der Waals surface area contributed by atoms with Gasteiger partial charge in [-0.3, -0.25) is 0 Å². The van der Waals surface area contributed by atoms with Crippen LogP contribution in [0.25, 0.3) is 0 Å². The first-order valence-corrected chi connectivity index (χ1v) is 7.78. The van der Waals surface area contributed by atoms with E-state index in [1.54, 1.807) is 24.5 Å². The fraction of sp³-hybridized carbons (Fsp3) is 0.286. The molecule has 0 bridgehead atoms. The van der Waals surface area contributed by atoms with Gasteiger partial charge in [-0.15, -0.1) is 0 Å². The zero-order valence-corrected chi connectivity index (χ0v) is 14.1. The van der Waals surface area contributed by atoms with Crippen LogP contribution in [0.3, 0.4) is 0 Å². The summed E-state index contributed by atoms with van der Waals surface area (Å²) in [5.74, 6) is 0.720. The maximum Gasteiger partial charge on any atom is 0.129 e. The number of rotatable bonds is 7. The van der Waals surface area contributed by atoms with E-state index < -0.39 is 6.10 Å². The predicted octanol–water partition coefficient (Wildman–Crippen LogP) is 4.34. The Kier molecular flexibility index (Phi) is 6.39. The monoisotopic (exact) mass is 393 g/mol. The van der Waals surface area contributed by atoms with Crippen molar-refractivity contribution in [2.45, 2.75) is 12.7 Å². The van der Waals surface area contributed by atoms with Gasteiger partial charge in [-0.05, 0) is 40.2 Å². The van der Waals surface area contributed by atoms with E-state index in [1.807, 2.05) is 6.07 Å². The lowest BCUT2D eigenvalue weighted by atomic mass is 10.3. The summed E-state index contributed by atoms with van der Waals surface area (Å²) in [6.45, 7) is 0.820. The SMILES string of the molecule is OC(CNc1ccc(Br)c(Cl)c1Cl)COCc1ccco1. The van der Waals surface area contributed by atoms with Crippen molar-refractivity contribution >= 4 is 44.8 Å². The Balaban J connectivity index is 1.76. The van der Waals surface area contributed by atoms with Gasteiger partial charge in [-0.1, -0.05) is 23.2 Å². The maximum atomic E-state index is 9.85. The molecule has 2 aromatic rings. The van der Waals surface area contributed by atoms with Crippen LogP contribution in [0.2, 0.25) is 10.0 Å². The van der Waals surface area contributed by atoms with E-state index in [2.05, 4.69) is 21.2 Å². The number of furan rings is 1. The average Bonchev–Trinajstić information content (AvgIpc) is 2.97. The van der Waals surface area contributed by atoms with Crippen LogP contribution in [0, 0.1) is 0 Å². The van der Waals surface area contributed by atoms with Crippen LogP contribution in [0.5, 0.6) is 0 Å². The summed E-state index contributed by atoms with van der Waals surface area (Å²) < 4.78 is 11.2. The Morgan fingerprint density at radius 1 is 1.29 bits per heavy atom. The highest BCUT2D eigenvalue weighted by molar-refractivity contribution is 9.10. The molecule has 0 aliphatic heterocycles. The van der Waals surface area contributed by atoms with Crippen molar-refractivity contribution in [3.8, 4) is 0 Å². The highest BCUT2D eigenvalue weighted by Gasteiger charge is 2.10. The van der Waals surface area contributed by atoms with E-state index in [9.17, 15) is 5.11 Å². The Bertz CT molecular complexity index is 578. The van der Waals surface area contributed by atoms with Crippen molar-refractivity contribution in [3.05, 3.63) is 50.8 Å². The van der Waals surface area contributed by atoms with E-state index in [0.29, 0.717) is 28.9 Å². The molecule has 0 fully saturated rings. The van der Waals surface area contributed by atoms with Crippen LogP contribution >= 0.6 is 39.1 Å². The first-order valence-electron chi connectivity index (χ1n) is 6.23. The molecule has 21 heavy (non-hydrogen) atoms. The van der Waals surface area contributed by atoms with Gasteiger partial charge in [0, 0.05) is 11.0 Å². The molecule has 1 aromatic heterocycles. The minimum absolute atomic E-state index is 0.190. The second-order valence-electron chi connectivity index (χ2n) is 4.35. The quantitative estimate of drug-likeness (QED) is 0.686. The third-order valence-electron chi connectivity index (χ3n) is 2.70. The summed E-state index contributed by atoms with van der Waals surface area (Å²) in [5, 5.41) is 13.7. The van der Waals surface area contributed by atoms with Crippen LogP contribution in [0.15, 0.2) is 39.4 Å². The molecule has 0 radical (unpaired) electrons. The highest BCUT2D eigenvalue weighted by atomic mass is 79.9. The van der Waals surface area contributed by atoms with Crippen LogP contribution < -0.4 is 5.32 Å². The van der Waals surface area contributed by atoms with Gasteiger partial charge in [0.2, 0.25) is 0 Å². The summed E-state index contributed by atoms with van der Waals surface area (Å²) >= 11 is 15.4. The second kappa shape index (κ2) is 8.06. The Morgan fingerprint density at radius 3 is 2.81 bits per heavy atom. The second-order valence-corrected chi connectivity index (χ2v) is 5.96. The molecular formula is C14H14BrCl2NO3. The van der Waals surface area contributed by atoms with E-state index >= 15 is 0 Å². The molecule has 114 valence electrons. The summed E-state index contributed by atoms with van der Waals surface area (Å²) in [6, 6.07) is 7.18. The lowest BCUT2D eigenvalue weighted by Gasteiger charge is -2.14. The molecule has 1 aromatic carbocycles. The lowest BCUT2D eigenvalue weighted by molar-refractivity contribution is 0.0282. The van der Waals surface area contributed by atoms with E-state index in [1.165, 1.54) is 0 Å². The highest BCUT2D eigenvalue weighted by Crippen LogP contribution is 2.35. The Labute approximate surface area is 141 Å². The summed E-state index contributed by atoms with van der Waals surface area (Å²) in [6.07, 6.45) is 0.911. The molecule has 2 N–H and O–H groups in total. The molecule has 1 heterocycles. The zero-order valence-electron chi connectivity index (χ0n) is 11.0. The number of benzene rings is 1. The van der Waals surface area contributed by atoms with Gasteiger partial charge in [0.15, 0.2) is 0 Å². The molecule has 0 saturated heterocycles. The van der Waals surface area contributed by atoms with E-state index in [4.69, 9.17) is 32.4 Å². The van der Waals surface area contributed by atoms with Gasteiger partial charge >= 0.3 is 0 Å². The number of hydrogen-bond acceptors (Lipinski definition) is 4. The van der Waals surface area contributed by atoms with E-state index in [0.717, 1.165) is 10.2 Å². The van der Waals surface area contributed by atoms with Gasteiger partial charge < -0.3 is 19.6 Å². The van der Waals surface area contributed by atoms with E-state index in [-0.39, 0.29) is 6.61 Å². The van der Waals surface area contributed by atoms with Gasteiger partial charge in [0.25, 0.3) is 0 Å². The summed E-state index contributed by atoms with van der Waals surface area (Å²) in [7, 11) is 0. The third-order valence-corrected chi connectivity index (χ3v) is 4.47. The van der Waals surface area contributed by atoms with Crippen molar-refractivity contribution in [2.24, 2.45) is 0 Å². The minimum atomic E-state index is -0.668. The number of halogens is 3. The fourth-order valence-corrected chi connectivity index (χ4v) is 2.48. The molecule has 0 spiro atoms. The van der Waals surface area contributed by atoms with Crippen molar-refractivity contribution in [1.82, 2.24) is 0 Å². The van der Waals surface area contributed by atoms with Crippen molar-refractivity contribution < 1.29 is 14.3 Å². The number of aliphatic hydroxyl groups is 1. The van der Waals surface area contributed by atoms with Crippen LogP contribution in [0.1, 0.15) is 5.76 Å². The standard InChI is InChI=1S/C14H14BrCl2NO3/c15-11-3-4-12(14(17)13(11)16)18-6-9(19)7-20-8-10-2-1-5-21-10/h1-5,9,18-19H,6-8H2. The molecule has 7 heteroatoms. The molecule has 0 aliphatic carbocycles. The zero-order chi connectivity index (χ0) is 15.2. The summed E-state index contributed by atoms with van der Waals surface area (Å²) in [5.41, 5.74) is 0.662. The molecule has 0 saturated carbocycles. The predicted molar refractivity (Wildman–Crippen MR) is 87.0 cm³/mol. The first kappa shape index (κ1) is 16.6. The smallest absolute Gasteiger partial charge is 0.129 e. The topological polar surface area (TPSA) is 54.6 Å². The first-order chi connectivity index (χ1) is 10.1. The molecule has 0 aliphatic rings. The normalized spacial score (nSPS) is 12.4.